The van der Waals surface area contributed by atoms with Crippen molar-refractivity contribution < 1.29 is 4.74 Å². The Labute approximate surface area is 111 Å². The van der Waals surface area contributed by atoms with Crippen LogP contribution in [0, 0.1) is 13.8 Å². The van der Waals surface area contributed by atoms with Crippen LogP contribution in [0.3, 0.4) is 0 Å². The Kier molecular flexibility index (Phi) is 3.39. The molecule has 18 heavy (non-hydrogen) atoms. The molecule has 0 fully saturated rings. The number of nitrogens with zero attached hydrogens (tertiary/aromatic N) is 2. The van der Waals surface area contributed by atoms with Crippen molar-refractivity contribution in [3.8, 4) is 17.0 Å². The summed E-state index contributed by atoms with van der Waals surface area (Å²) in [6.07, 6.45) is 0. The molecule has 2 rings (SSSR count). The molecule has 0 aliphatic heterocycles. The Bertz CT molecular complexity index is 599. The predicted octanol–water partition coefficient (Wildman–Crippen LogP) is 3.00. The molecule has 0 saturated heterocycles. The standard InChI is InChI=1S/C13H14ClN3O/c1-7-8(2)13(15)17-16-12(7)10-6-9(14)4-5-11(10)18-3/h4-6H,1-3H3,(H2,15,17). The number of hydrogen-bond donors (Lipinski definition) is 1. The molecule has 0 aliphatic rings. The number of aromatic nitrogens is 2. The first-order chi connectivity index (χ1) is 8.54. The normalized spacial score (nSPS) is 10.4. The highest BCUT2D eigenvalue weighted by atomic mass is 35.5. The average molecular weight is 264 g/mol. The van der Waals surface area contributed by atoms with Crippen LogP contribution in [0.5, 0.6) is 5.75 Å². The van der Waals surface area contributed by atoms with Gasteiger partial charge in [-0.2, -0.15) is 0 Å². The van der Waals surface area contributed by atoms with Gasteiger partial charge in [0.05, 0.1) is 7.11 Å². The van der Waals surface area contributed by atoms with Crippen LogP contribution in [-0.2, 0) is 0 Å². The van der Waals surface area contributed by atoms with Crippen molar-refractivity contribution in [2.24, 2.45) is 0 Å². The molecule has 1 aromatic carbocycles. The molecule has 94 valence electrons. The van der Waals surface area contributed by atoms with E-state index in [0.29, 0.717) is 16.6 Å². The van der Waals surface area contributed by atoms with Crippen molar-refractivity contribution in [3.05, 3.63) is 34.3 Å². The molecule has 0 unspecified atom stereocenters. The van der Waals surface area contributed by atoms with Gasteiger partial charge in [0, 0.05) is 10.6 Å². The molecule has 0 bridgehead atoms. The molecular formula is C13H14ClN3O. The SMILES string of the molecule is COc1ccc(Cl)cc1-c1nnc(N)c(C)c1C. The number of anilines is 1. The van der Waals surface area contributed by atoms with E-state index in [0.717, 1.165) is 22.4 Å². The summed E-state index contributed by atoms with van der Waals surface area (Å²) in [5.41, 5.74) is 9.19. The van der Waals surface area contributed by atoms with Crippen molar-refractivity contribution in [2.45, 2.75) is 13.8 Å². The van der Waals surface area contributed by atoms with Crippen LogP contribution in [-0.4, -0.2) is 17.3 Å². The Morgan fingerprint density at radius 2 is 1.89 bits per heavy atom. The largest absolute Gasteiger partial charge is 0.496 e. The fourth-order valence-electron chi connectivity index (χ4n) is 1.74. The third-order valence-electron chi connectivity index (χ3n) is 2.98. The van der Waals surface area contributed by atoms with Gasteiger partial charge in [-0.05, 0) is 43.2 Å². The lowest BCUT2D eigenvalue weighted by molar-refractivity contribution is 0.416. The third kappa shape index (κ3) is 2.11. The van der Waals surface area contributed by atoms with Crippen LogP contribution < -0.4 is 10.5 Å². The molecule has 2 aromatic rings. The highest BCUT2D eigenvalue weighted by Crippen LogP contribution is 2.34. The smallest absolute Gasteiger partial charge is 0.149 e. The topological polar surface area (TPSA) is 61.0 Å². The number of nitrogen functional groups attached to an aromatic ring is 1. The summed E-state index contributed by atoms with van der Waals surface area (Å²) >= 11 is 6.02. The number of nitrogens with two attached hydrogens (primary N) is 1. The molecule has 5 heteroatoms. The second-order valence-corrected chi connectivity index (χ2v) is 4.46. The van der Waals surface area contributed by atoms with E-state index in [1.165, 1.54) is 0 Å². The third-order valence-corrected chi connectivity index (χ3v) is 3.21. The lowest BCUT2D eigenvalue weighted by Gasteiger charge is -2.12. The quantitative estimate of drug-likeness (QED) is 0.905. The van der Waals surface area contributed by atoms with Crippen LogP contribution in [0.2, 0.25) is 5.02 Å². The van der Waals surface area contributed by atoms with Gasteiger partial charge in [-0.3, -0.25) is 0 Å². The van der Waals surface area contributed by atoms with Gasteiger partial charge >= 0.3 is 0 Å². The van der Waals surface area contributed by atoms with Gasteiger partial charge in [-0.25, -0.2) is 0 Å². The van der Waals surface area contributed by atoms with E-state index < -0.39 is 0 Å². The van der Waals surface area contributed by atoms with E-state index >= 15 is 0 Å². The van der Waals surface area contributed by atoms with E-state index in [-0.39, 0.29) is 0 Å². The first kappa shape index (κ1) is 12.6. The fourth-order valence-corrected chi connectivity index (χ4v) is 1.92. The zero-order valence-electron chi connectivity index (χ0n) is 10.5. The van der Waals surface area contributed by atoms with Gasteiger partial charge in [0.2, 0.25) is 0 Å². The first-order valence-electron chi connectivity index (χ1n) is 5.48. The number of benzene rings is 1. The van der Waals surface area contributed by atoms with Gasteiger partial charge in [-0.1, -0.05) is 11.6 Å². The maximum atomic E-state index is 6.02. The average Bonchev–Trinajstić information content (AvgIpc) is 2.36. The lowest BCUT2D eigenvalue weighted by atomic mass is 10.0. The fraction of sp³-hybridized carbons (Fsp3) is 0.231. The molecule has 0 spiro atoms. The van der Waals surface area contributed by atoms with Gasteiger partial charge in [-0.15, -0.1) is 10.2 Å². The number of halogens is 1. The molecule has 0 atom stereocenters. The van der Waals surface area contributed by atoms with E-state index in [1.54, 1.807) is 13.2 Å². The Morgan fingerprint density at radius 1 is 1.17 bits per heavy atom. The second kappa shape index (κ2) is 4.82. The van der Waals surface area contributed by atoms with E-state index in [2.05, 4.69) is 10.2 Å². The second-order valence-electron chi connectivity index (χ2n) is 4.03. The van der Waals surface area contributed by atoms with Gasteiger partial charge in [0.1, 0.15) is 17.3 Å². The number of methoxy groups -OCH3 is 1. The summed E-state index contributed by atoms with van der Waals surface area (Å²) in [6, 6.07) is 5.40. The number of rotatable bonds is 2. The Hall–Kier alpha value is -1.81. The van der Waals surface area contributed by atoms with Crippen molar-refractivity contribution in [1.29, 1.82) is 0 Å². The van der Waals surface area contributed by atoms with Crippen LogP contribution >= 0.6 is 11.6 Å². The highest BCUT2D eigenvalue weighted by Gasteiger charge is 2.14. The Balaban J connectivity index is 2.69. The minimum atomic E-state index is 0.442. The van der Waals surface area contributed by atoms with Gasteiger partial charge < -0.3 is 10.5 Å². The van der Waals surface area contributed by atoms with Crippen LogP contribution in [0.4, 0.5) is 5.82 Å². The minimum Gasteiger partial charge on any atom is -0.496 e. The van der Waals surface area contributed by atoms with Gasteiger partial charge in [0.25, 0.3) is 0 Å². The molecule has 0 saturated carbocycles. The van der Waals surface area contributed by atoms with Crippen molar-refractivity contribution in [1.82, 2.24) is 10.2 Å². The highest BCUT2D eigenvalue weighted by molar-refractivity contribution is 6.31. The van der Waals surface area contributed by atoms with Crippen molar-refractivity contribution >= 4 is 17.4 Å². The van der Waals surface area contributed by atoms with Crippen LogP contribution in [0.1, 0.15) is 11.1 Å². The number of hydrogen-bond acceptors (Lipinski definition) is 4. The summed E-state index contributed by atoms with van der Waals surface area (Å²) in [5.74, 6) is 1.15. The molecular weight excluding hydrogens is 250 g/mol. The van der Waals surface area contributed by atoms with Crippen molar-refractivity contribution in [2.75, 3.05) is 12.8 Å². The molecule has 0 aliphatic carbocycles. The Morgan fingerprint density at radius 3 is 2.56 bits per heavy atom. The van der Waals surface area contributed by atoms with E-state index in [1.807, 2.05) is 26.0 Å². The van der Waals surface area contributed by atoms with E-state index in [4.69, 9.17) is 22.1 Å². The van der Waals surface area contributed by atoms with E-state index in [9.17, 15) is 0 Å². The summed E-state index contributed by atoms with van der Waals surface area (Å²) in [5, 5.41) is 8.72. The van der Waals surface area contributed by atoms with Gasteiger partial charge in [0.15, 0.2) is 0 Å². The first-order valence-corrected chi connectivity index (χ1v) is 5.85. The van der Waals surface area contributed by atoms with Crippen LogP contribution in [0.25, 0.3) is 11.3 Å². The van der Waals surface area contributed by atoms with Crippen LogP contribution in [0.15, 0.2) is 18.2 Å². The number of ether oxygens (including phenoxy) is 1. The predicted molar refractivity (Wildman–Crippen MR) is 72.9 cm³/mol. The zero-order chi connectivity index (χ0) is 13.3. The zero-order valence-corrected chi connectivity index (χ0v) is 11.2. The molecule has 0 amide bonds. The summed E-state index contributed by atoms with van der Waals surface area (Å²) in [7, 11) is 1.61. The summed E-state index contributed by atoms with van der Waals surface area (Å²) in [4.78, 5) is 0. The monoisotopic (exact) mass is 263 g/mol. The maximum Gasteiger partial charge on any atom is 0.149 e. The lowest BCUT2D eigenvalue weighted by Crippen LogP contribution is -2.02. The van der Waals surface area contributed by atoms with Crippen molar-refractivity contribution in [3.63, 3.8) is 0 Å². The summed E-state index contributed by atoms with van der Waals surface area (Å²) in [6.45, 7) is 3.87. The summed E-state index contributed by atoms with van der Waals surface area (Å²) < 4.78 is 5.32. The molecule has 2 N–H and O–H groups in total. The maximum absolute atomic E-state index is 6.02. The molecule has 0 radical (unpaired) electrons. The molecule has 1 heterocycles. The molecule has 4 nitrogen and oxygen atoms in total. The minimum absolute atomic E-state index is 0.442. The molecule has 1 aromatic heterocycles.